The van der Waals surface area contributed by atoms with Crippen LogP contribution in [0.1, 0.15) is 24.7 Å². The topological polar surface area (TPSA) is 80.0 Å². The van der Waals surface area contributed by atoms with E-state index in [9.17, 15) is 4.79 Å². The van der Waals surface area contributed by atoms with Crippen LogP contribution in [0, 0.1) is 6.92 Å². The fourth-order valence-electron chi connectivity index (χ4n) is 1.47. The van der Waals surface area contributed by atoms with Crippen LogP contribution in [0.3, 0.4) is 0 Å². The Hall–Kier alpha value is -2.08. The van der Waals surface area contributed by atoms with Crippen molar-refractivity contribution < 1.29 is 9.32 Å². The molecule has 100 valence electrons. The third kappa shape index (κ3) is 3.45. The van der Waals surface area contributed by atoms with Gasteiger partial charge in [0.2, 0.25) is 5.89 Å². The van der Waals surface area contributed by atoms with E-state index in [-0.39, 0.29) is 12.1 Å². The van der Waals surface area contributed by atoms with Gasteiger partial charge in [0.1, 0.15) is 0 Å². The van der Waals surface area contributed by atoms with Gasteiger partial charge in [-0.2, -0.15) is 4.98 Å². The van der Waals surface area contributed by atoms with Gasteiger partial charge in [-0.05, 0) is 19.1 Å². The summed E-state index contributed by atoms with van der Waals surface area (Å²) in [5.74, 6) is 0.877. The van der Waals surface area contributed by atoms with Gasteiger partial charge in [0.15, 0.2) is 5.82 Å². The van der Waals surface area contributed by atoms with Crippen molar-refractivity contribution in [1.29, 1.82) is 0 Å². The van der Waals surface area contributed by atoms with Crippen molar-refractivity contribution in [2.75, 3.05) is 5.32 Å². The number of anilines is 1. The molecule has 0 spiro atoms. The number of para-hydroxylation sites is 1. The summed E-state index contributed by atoms with van der Waals surface area (Å²) in [5, 5.41) is 9.55. The van der Waals surface area contributed by atoms with Gasteiger partial charge in [0, 0.05) is 6.92 Å². The highest BCUT2D eigenvalue weighted by Gasteiger charge is 2.15. The molecule has 0 fully saturated rings. The number of aryl methyl sites for hydroxylation is 1. The maximum atomic E-state index is 11.8. The van der Waals surface area contributed by atoms with Gasteiger partial charge >= 0.3 is 6.03 Å². The first-order valence-electron chi connectivity index (χ1n) is 5.68. The lowest BCUT2D eigenvalue weighted by Gasteiger charge is -2.12. The SMILES string of the molecule is Cc1nc([C@@H](C)NC(=O)Nc2ccccc2Cl)no1. The van der Waals surface area contributed by atoms with Crippen LogP contribution >= 0.6 is 11.6 Å². The summed E-state index contributed by atoms with van der Waals surface area (Å²) in [5.41, 5.74) is 0.540. The maximum absolute atomic E-state index is 11.8. The van der Waals surface area contributed by atoms with Crippen molar-refractivity contribution in [2.24, 2.45) is 0 Å². The van der Waals surface area contributed by atoms with Crippen LogP contribution in [0.4, 0.5) is 10.5 Å². The van der Waals surface area contributed by atoms with E-state index < -0.39 is 0 Å². The minimum Gasteiger partial charge on any atom is -0.340 e. The number of benzene rings is 1. The minimum absolute atomic E-state index is 0.361. The largest absolute Gasteiger partial charge is 0.340 e. The first-order valence-corrected chi connectivity index (χ1v) is 6.06. The molecule has 2 aromatic rings. The van der Waals surface area contributed by atoms with Gasteiger partial charge < -0.3 is 15.2 Å². The number of nitrogens with one attached hydrogen (secondary N) is 2. The lowest BCUT2D eigenvalue weighted by Crippen LogP contribution is -2.31. The molecule has 0 saturated carbocycles. The second-order valence-electron chi connectivity index (χ2n) is 3.97. The van der Waals surface area contributed by atoms with E-state index in [1.807, 2.05) is 0 Å². The molecule has 1 aromatic carbocycles. The lowest BCUT2D eigenvalue weighted by molar-refractivity contribution is 0.248. The summed E-state index contributed by atoms with van der Waals surface area (Å²) in [6.07, 6.45) is 0. The highest BCUT2D eigenvalue weighted by atomic mass is 35.5. The molecule has 19 heavy (non-hydrogen) atoms. The molecule has 2 rings (SSSR count). The Morgan fingerprint density at radius 3 is 2.79 bits per heavy atom. The average molecular weight is 281 g/mol. The molecule has 2 amide bonds. The summed E-state index contributed by atoms with van der Waals surface area (Å²) in [6, 6.07) is 6.24. The van der Waals surface area contributed by atoms with Crippen LogP contribution in [-0.2, 0) is 0 Å². The normalized spacial score (nSPS) is 11.9. The molecular formula is C12H13ClN4O2. The maximum Gasteiger partial charge on any atom is 0.319 e. The van der Waals surface area contributed by atoms with Crippen LogP contribution < -0.4 is 10.6 Å². The number of aromatic nitrogens is 2. The zero-order valence-corrected chi connectivity index (χ0v) is 11.2. The van der Waals surface area contributed by atoms with Crippen molar-refractivity contribution in [3.05, 3.63) is 41.0 Å². The van der Waals surface area contributed by atoms with E-state index in [1.165, 1.54) is 0 Å². The fraction of sp³-hybridized carbons (Fsp3) is 0.250. The standard InChI is InChI=1S/C12H13ClN4O2/c1-7(11-15-8(2)19-17-11)14-12(18)16-10-6-4-3-5-9(10)13/h3-7H,1-2H3,(H2,14,16,18)/t7-/m1/s1. The monoisotopic (exact) mass is 280 g/mol. The van der Waals surface area contributed by atoms with Gasteiger partial charge in [-0.25, -0.2) is 4.79 Å². The van der Waals surface area contributed by atoms with Crippen molar-refractivity contribution in [3.8, 4) is 0 Å². The molecule has 7 heteroatoms. The smallest absolute Gasteiger partial charge is 0.319 e. The number of hydrogen-bond acceptors (Lipinski definition) is 4. The molecule has 0 aliphatic carbocycles. The molecule has 6 nitrogen and oxygen atoms in total. The number of amides is 2. The number of nitrogens with zero attached hydrogens (tertiary/aromatic N) is 2. The Bertz CT molecular complexity index is 585. The average Bonchev–Trinajstić information content (AvgIpc) is 2.79. The van der Waals surface area contributed by atoms with Crippen molar-refractivity contribution in [2.45, 2.75) is 19.9 Å². The molecule has 0 aliphatic heterocycles. The van der Waals surface area contributed by atoms with Crippen molar-refractivity contribution in [3.63, 3.8) is 0 Å². The molecule has 1 heterocycles. The second-order valence-corrected chi connectivity index (χ2v) is 4.38. The molecule has 0 unspecified atom stereocenters. The fourth-order valence-corrected chi connectivity index (χ4v) is 1.66. The van der Waals surface area contributed by atoms with E-state index in [2.05, 4.69) is 20.8 Å². The summed E-state index contributed by atoms with van der Waals surface area (Å²) in [4.78, 5) is 15.8. The van der Waals surface area contributed by atoms with Gasteiger partial charge in [-0.3, -0.25) is 0 Å². The van der Waals surface area contributed by atoms with Crippen LogP contribution in [0.25, 0.3) is 0 Å². The van der Waals surface area contributed by atoms with Gasteiger partial charge in [0.05, 0.1) is 16.8 Å². The number of halogens is 1. The highest BCUT2D eigenvalue weighted by molar-refractivity contribution is 6.33. The van der Waals surface area contributed by atoms with E-state index >= 15 is 0 Å². The predicted octanol–water partition coefficient (Wildman–Crippen LogP) is 2.91. The molecule has 0 aliphatic rings. The summed E-state index contributed by atoms with van der Waals surface area (Å²) >= 11 is 5.94. The molecule has 0 radical (unpaired) electrons. The molecule has 1 atom stereocenters. The third-order valence-corrected chi connectivity index (χ3v) is 2.73. The summed E-state index contributed by atoms with van der Waals surface area (Å²) in [6.45, 7) is 3.45. The van der Waals surface area contributed by atoms with Gasteiger partial charge in [-0.15, -0.1) is 0 Å². The van der Waals surface area contributed by atoms with Gasteiger partial charge in [-0.1, -0.05) is 28.9 Å². The number of rotatable bonds is 3. The van der Waals surface area contributed by atoms with E-state index in [0.717, 1.165) is 0 Å². The van der Waals surface area contributed by atoms with E-state index in [0.29, 0.717) is 22.4 Å². The molecular weight excluding hydrogens is 268 g/mol. The highest BCUT2D eigenvalue weighted by Crippen LogP contribution is 2.20. The zero-order valence-electron chi connectivity index (χ0n) is 10.5. The second kappa shape index (κ2) is 5.71. The Labute approximate surface area is 115 Å². The predicted molar refractivity (Wildman–Crippen MR) is 71.1 cm³/mol. The minimum atomic E-state index is -0.386. The first kappa shape index (κ1) is 13.4. The Kier molecular flexibility index (Phi) is 4.01. The Morgan fingerprint density at radius 1 is 1.42 bits per heavy atom. The number of carbonyl (C=O) groups is 1. The number of hydrogen-bond donors (Lipinski definition) is 2. The van der Waals surface area contributed by atoms with Crippen molar-refractivity contribution >= 4 is 23.3 Å². The van der Waals surface area contributed by atoms with Crippen LogP contribution in [-0.4, -0.2) is 16.2 Å². The Morgan fingerprint density at radius 2 is 2.16 bits per heavy atom. The van der Waals surface area contributed by atoms with E-state index in [4.69, 9.17) is 16.1 Å². The van der Waals surface area contributed by atoms with Crippen molar-refractivity contribution in [1.82, 2.24) is 15.5 Å². The number of urea groups is 1. The molecule has 1 aromatic heterocycles. The molecule has 0 saturated heterocycles. The van der Waals surface area contributed by atoms with Crippen LogP contribution in [0.5, 0.6) is 0 Å². The molecule has 0 bridgehead atoms. The Balaban J connectivity index is 1.96. The quantitative estimate of drug-likeness (QED) is 0.906. The zero-order chi connectivity index (χ0) is 13.8. The van der Waals surface area contributed by atoms with Gasteiger partial charge in [0.25, 0.3) is 0 Å². The summed E-state index contributed by atoms with van der Waals surface area (Å²) in [7, 11) is 0. The van der Waals surface area contributed by atoms with Crippen LogP contribution in [0.15, 0.2) is 28.8 Å². The molecule has 2 N–H and O–H groups in total. The lowest BCUT2D eigenvalue weighted by atomic mass is 10.3. The number of carbonyl (C=O) groups excluding carboxylic acids is 1. The third-order valence-electron chi connectivity index (χ3n) is 2.40. The van der Waals surface area contributed by atoms with Crippen LogP contribution in [0.2, 0.25) is 5.02 Å². The first-order chi connectivity index (χ1) is 9.06. The summed E-state index contributed by atoms with van der Waals surface area (Å²) < 4.78 is 4.85. The van der Waals surface area contributed by atoms with E-state index in [1.54, 1.807) is 38.1 Å².